The Morgan fingerprint density at radius 3 is 2.92 bits per heavy atom. The molecule has 0 aliphatic heterocycles. The van der Waals surface area contributed by atoms with Crippen LogP contribution in [0.3, 0.4) is 0 Å². The third-order valence-electron chi connectivity index (χ3n) is 1.45. The van der Waals surface area contributed by atoms with E-state index in [1.807, 2.05) is 6.92 Å². The van der Waals surface area contributed by atoms with Gasteiger partial charge in [0, 0.05) is 12.7 Å². The molecule has 0 radical (unpaired) electrons. The first kappa shape index (κ1) is 9.25. The first-order valence-corrected chi connectivity index (χ1v) is 4.29. The van der Waals surface area contributed by atoms with Crippen LogP contribution in [0.15, 0.2) is 10.8 Å². The summed E-state index contributed by atoms with van der Waals surface area (Å²) in [6, 6.07) is 0. The molecule has 0 aromatic carbocycles. The molecular weight excluding hydrogens is 224 g/mol. The fraction of sp³-hybridized carbons (Fsp3) is 0.429. The Morgan fingerprint density at radius 1 is 1.83 bits per heavy atom. The number of ether oxygens (including phenoxy) is 1. The van der Waals surface area contributed by atoms with Crippen LogP contribution in [-0.4, -0.2) is 22.9 Å². The highest BCUT2D eigenvalue weighted by molar-refractivity contribution is 9.10. The third-order valence-corrected chi connectivity index (χ3v) is 2.03. The number of methoxy groups -OCH3 is 1. The monoisotopic (exact) mass is 232 g/mol. The molecule has 0 aliphatic rings. The van der Waals surface area contributed by atoms with E-state index in [-0.39, 0.29) is 5.97 Å². The van der Waals surface area contributed by atoms with Crippen molar-refractivity contribution in [3.05, 3.63) is 16.4 Å². The predicted molar refractivity (Wildman–Crippen MR) is 46.9 cm³/mol. The Balaban J connectivity index is 2.99. The minimum absolute atomic E-state index is 0.374. The van der Waals surface area contributed by atoms with Crippen LogP contribution in [0.5, 0.6) is 0 Å². The topological polar surface area (TPSA) is 44.1 Å². The Kier molecular flexibility index (Phi) is 2.86. The minimum Gasteiger partial charge on any atom is -0.465 e. The van der Waals surface area contributed by atoms with Gasteiger partial charge < -0.3 is 4.74 Å². The molecule has 0 N–H and O–H groups in total. The zero-order valence-electron chi connectivity index (χ0n) is 6.87. The van der Waals surface area contributed by atoms with Gasteiger partial charge in [-0.05, 0) is 22.9 Å². The van der Waals surface area contributed by atoms with Gasteiger partial charge in [-0.3, -0.25) is 4.68 Å². The average Bonchev–Trinajstić information content (AvgIpc) is 2.45. The van der Waals surface area contributed by atoms with Crippen molar-refractivity contribution in [2.75, 3.05) is 7.11 Å². The summed E-state index contributed by atoms with van der Waals surface area (Å²) in [7, 11) is 1.35. The highest BCUT2D eigenvalue weighted by atomic mass is 79.9. The smallest absolute Gasteiger partial charge is 0.342 e. The highest BCUT2D eigenvalue weighted by Gasteiger charge is 2.13. The van der Waals surface area contributed by atoms with Crippen LogP contribution < -0.4 is 0 Å². The lowest BCUT2D eigenvalue weighted by molar-refractivity contribution is 0.0599. The summed E-state index contributed by atoms with van der Waals surface area (Å²) in [6.07, 6.45) is 1.65. The number of aromatic nitrogens is 2. The van der Waals surface area contributed by atoms with Crippen molar-refractivity contribution in [2.45, 2.75) is 13.5 Å². The van der Waals surface area contributed by atoms with Crippen molar-refractivity contribution in [3.8, 4) is 0 Å². The molecule has 0 saturated carbocycles. The predicted octanol–water partition coefficient (Wildman–Crippen LogP) is 1.45. The summed E-state index contributed by atoms with van der Waals surface area (Å²) in [5.74, 6) is -0.374. The van der Waals surface area contributed by atoms with Crippen LogP contribution in [0.4, 0.5) is 0 Å². The molecule has 66 valence electrons. The molecule has 12 heavy (non-hydrogen) atoms. The summed E-state index contributed by atoms with van der Waals surface area (Å²) >= 11 is 3.17. The largest absolute Gasteiger partial charge is 0.465 e. The summed E-state index contributed by atoms with van der Waals surface area (Å²) in [5, 5.41) is 4.03. The normalized spacial score (nSPS) is 9.92. The lowest BCUT2D eigenvalue weighted by Gasteiger charge is -1.92. The van der Waals surface area contributed by atoms with Gasteiger partial charge in [0.15, 0.2) is 0 Å². The van der Waals surface area contributed by atoms with E-state index in [0.29, 0.717) is 10.2 Å². The Labute approximate surface area is 78.6 Å². The third kappa shape index (κ3) is 1.66. The maximum atomic E-state index is 11.1. The van der Waals surface area contributed by atoms with Crippen molar-refractivity contribution in [1.29, 1.82) is 0 Å². The summed E-state index contributed by atoms with van der Waals surface area (Å²) in [4.78, 5) is 11.1. The van der Waals surface area contributed by atoms with E-state index in [1.54, 1.807) is 10.9 Å². The Hall–Kier alpha value is -0.840. The van der Waals surface area contributed by atoms with Crippen molar-refractivity contribution in [1.82, 2.24) is 9.78 Å². The van der Waals surface area contributed by atoms with E-state index in [4.69, 9.17) is 0 Å². The summed E-state index contributed by atoms with van der Waals surface area (Å²) < 4.78 is 6.74. The molecule has 0 unspecified atom stereocenters. The molecule has 5 heteroatoms. The lowest BCUT2D eigenvalue weighted by atomic mass is 10.4. The molecule has 1 heterocycles. The van der Waals surface area contributed by atoms with Crippen LogP contribution in [0.25, 0.3) is 0 Å². The summed E-state index contributed by atoms with van der Waals surface area (Å²) in [5.41, 5.74) is 0.458. The van der Waals surface area contributed by atoms with Crippen molar-refractivity contribution < 1.29 is 9.53 Å². The van der Waals surface area contributed by atoms with Gasteiger partial charge in [-0.15, -0.1) is 0 Å². The number of carbonyl (C=O) groups is 1. The first-order valence-electron chi connectivity index (χ1n) is 3.50. The molecule has 0 aliphatic carbocycles. The minimum atomic E-state index is -0.374. The van der Waals surface area contributed by atoms with Crippen LogP contribution in [0.1, 0.15) is 17.3 Å². The molecule has 1 rings (SSSR count). The highest BCUT2D eigenvalue weighted by Crippen LogP contribution is 2.14. The van der Waals surface area contributed by atoms with E-state index in [0.717, 1.165) is 6.54 Å². The molecule has 0 atom stereocenters. The fourth-order valence-corrected chi connectivity index (χ4v) is 1.27. The van der Waals surface area contributed by atoms with Gasteiger partial charge in [0.25, 0.3) is 0 Å². The molecular formula is C7H9BrN2O2. The Morgan fingerprint density at radius 2 is 2.50 bits per heavy atom. The zero-order valence-corrected chi connectivity index (χ0v) is 8.46. The molecule has 0 saturated heterocycles. The zero-order chi connectivity index (χ0) is 9.14. The lowest BCUT2D eigenvalue weighted by Crippen LogP contribution is -2.00. The molecule has 0 spiro atoms. The van der Waals surface area contributed by atoms with Crippen LogP contribution in [0, 0.1) is 0 Å². The van der Waals surface area contributed by atoms with E-state index in [1.165, 1.54) is 7.11 Å². The van der Waals surface area contributed by atoms with Gasteiger partial charge >= 0.3 is 5.97 Å². The second kappa shape index (κ2) is 3.71. The molecule has 0 amide bonds. The van der Waals surface area contributed by atoms with Gasteiger partial charge in [0.1, 0.15) is 10.2 Å². The van der Waals surface area contributed by atoms with Crippen molar-refractivity contribution in [2.24, 2.45) is 0 Å². The first-order chi connectivity index (χ1) is 5.69. The van der Waals surface area contributed by atoms with E-state index in [2.05, 4.69) is 25.8 Å². The van der Waals surface area contributed by atoms with Gasteiger partial charge in [-0.1, -0.05) is 0 Å². The van der Waals surface area contributed by atoms with Crippen LogP contribution in [-0.2, 0) is 11.3 Å². The van der Waals surface area contributed by atoms with Gasteiger partial charge in [-0.2, -0.15) is 5.10 Å². The van der Waals surface area contributed by atoms with Gasteiger partial charge in [0.2, 0.25) is 0 Å². The Bertz CT molecular complexity index is 296. The van der Waals surface area contributed by atoms with E-state index < -0.39 is 0 Å². The maximum absolute atomic E-state index is 11.1. The second-order valence-corrected chi connectivity index (χ2v) is 2.93. The van der Waals surface area contributed by atoms with Crippen molar-refractivity contribution >= 4 is 21.9 Å². The SMILES string of the molecule is CCn1cc(C(=O)OC)c(Br)n1. The fourth-order valence-electron chi connectivity index (χ4n) is 0.807. The van der Waals surface area contributed by atoms with E-state index >= 15 is 0 Å². The second-order valence-electron chi connectivity index (χ2n) is 2.18. The van der Waals surface area contributed by atoms with Gasteiger partial charge in [0.05, 0.1) is 7.11 Å². The maximum Gasteiger partial charge on any atom is 0.342 e. The van der Waals surface area contributed by atoms with Crippen molar-refractivity contribution in [3.63, 3.8) is 0 Å². The molecule has 4 nitrogen and oxygen atoms in total. The van der Waals surface area contributed by atoms with E-state index in [9.17, 15) is 4.79 Å². The number of aryl methyl sites for hydroxylation is 1. The number of esters is 1. The molecule has 1 aromatic rings. The number of hydrogen-bond donors (Lipinski definition) is 0. The molecule has 0 bridgehead atoms. The summed E-state index contributed by atoms with van der Waals surface area (Å²) in [6.45, 7) is 2.68. The molecule has 0 fully saturated rings. The number of carbonyl (C=O) groups excluding carboxylic acids is 1. The average molecular weight is 233 g/mol. The number of hydrogen-bond acceptors (Lipinski definition) is 3. The van der Waals surface area contributed by atoms with Crippen LogP contribution in [0.2, 0.25) is 0 Å². The standard InChI is InChI=1S/C7H9BrN2O2/c1-3-10-4-5(6(8)9-10)7(11)12-2/h4H,3H2,1-2H3. The number of halogens is 1. The quantitative estimate of drug-likeness (QED) is 0.726. The molecule has 1 aromatic heterocycles. The van der Waals surface area contributed by atoms with Gasteiger partial charge in [-0.25, -0.2) is 4.79 Å². The number of rotatable bonds is 2. The number of nitrogens with zero attached hydrogens (tertiary/aromatic N) is 2. The van der Waals surface area contributed by atoms with Crippen LogP contribution >= 0.6 is 15.9 Å².